The van der Waals surface area contributed by atoms with Crippen LogP contribution in [0.1, 0.15) is 34.3 Å². The van der Waals surface area contributed by atoms with E-state index in [2.05, 4.69) is 10.3 Å². The number of carbonyl (C=O) groups excluding carboxylic acids is 2. The summed E-state index contributed by atoms with van der Waals surface area (Å²) in [7, 11) is 0. The molecule has 0 atom stereocenters. The Balaban J connectivity index is 1.23. The third kappa shape index (κ3) is 5.85. The van der Waals surface area contributed by atoms with Crippen LogP contribution in [-0.4, -0.2) is 29.9 Å². The SMILES string of the molecule is O=C(CCC(=O)c1ccc2c(c1)OCCO2)NCc1ccnc(OCc2ccccc2)c1. The summed E-state index contributed by atoms with van der Waals surface area (Å²) in [6.45, 7) is 1.71. The molecule has 4 rings (SSSR count). The largest absolute Gasteiger partial charge is 0.486 e. The normalized spacial score (nSPS) is 12.1. The average molecular weight is 432 g/mol. The van der Waals surface area contributed by atoms with Gasteiger partial charge >= 0.3 is 0 Å². The molecule has 7 heteroatoms. The van der Waals surface area contributed by atoms with Gasteiger partial charge in [-0.3, -0.25) is 9.59 Å². The van der Waals surface area contributed by atoms with Crippen molar-refractivity contribution in [2.45, 2.75) is 26.0 Å². The Labute approximate surface area is 186 Å². The molecule has 0 unspecified atom stereocenters. The molecule has 2 aromatic carbocycles. The number of ether oxygens (including phenoxy) is 3. The summed E-state index contributed by atoms with van der Waals surface area (Å²) in [6, 6.07) is 18.5. The smallest absolute Gasteiger partial charge is 0.220 e. The Morgan fingerprint density at radius 3 is 2.56 bits per heavy atom. The number of amides is 1. The lowest BCUT2D eigenvalue weighted by Crippen LogP contribution is -2.23. The Hall–Kier alpha value is -3.87. The molecule has 3 aromatic rings. The van der Waals surface area contributed by atoms with E-state index in [9.17, 15) is 9.59 Å². The van der Waals surface area contributed by atoms with E-state index in [0.717, 1.165) is 11.1 Å². The molecule has 7 nitrogen and oxygen atoms in total. The number of aromatic nitrogens is 1. The minimum absolute atomic E-state index is 0.107. The van der Waals surface area contributed by atoms with Crippen LogP contribution >= 0.6 is 0 Å². The highest BCUT2D eigenvalue weighted by Crippen LogP contribution is 2.31. The van der Waals surface area contributed by atoms with Gasteiger partial charge in [-0.25, -0.2) is 4.98 Å². The Bertz CT molecular complexity index is 1080. The molecule has 0 bridgehead atoms. The number of ketones is 1. The molecule has 32 heavy (non-hydrogen) atoms. The number of fused-ring (bicyclic) bond motifs is 1. The van der Waals surface area contributed by atoms with Crippen LogP contribution in [0.25, 0.3) is 0 Å². The number of pyridine rings is 1. The van der Waals surface area contributed by atoms with Gasteiger partial charge in [-0.15, -0.1) is 0 Å². The Kier molecular flexibility index (Phi) is 6.97. The van der Waals surface area contributed by atoms with Gasteiger partial charge < -0.3 is 19.5 Å². The maximum absolute atomic E-state index is 12.4. The number of Topliss-reactive ketones (excluding diaryl/α,β-unsaturated/α-hetero) is 1. The number of benzene rings is 2. The standard InChI is InChI=1S/C25H24N2O5/c28-21(20-6-8-22-23(15-20)31-13-12-30-22)7-9-24(29)27-16-19-10-11-26-25(14-19)32-17-18-4-2-1-3-5-18/h1-6,8,10-11,14-15H,7,9,12-13,16-17H2,(H,27,29). The number of carbonyl (C=O) groups is 2. The average Bonchev–Trinajstić information content (AvgIpc) is 2.85. The molecule has 164 valence electrons. The lowest BCUT2D eigenvalue weighted by molar-refractivity contribution is -0.121. The first-order valence-electron chi connectivity index (χ1n) is 10.5. The molecule has 0 fully saturated rings. The highest BCUT2D eigenvalue weighted by atomic mass is 16.6. The van der Waals surface area contributed by atoms with E-state index in [-0.39, 0.29) is 24.5 Å². The van der Waals surface area contributed by atoms with Crippen LogP contribution in [0.15, 0.2) is 66.9 Å². The van der Waals surface area contributed by atoms with Crippen molar-refractivity contribution >= 4 is 11.7 Å². The first kappa shape index (κ1) is 21.4. The third-order valence-corrected chi connectivity index (χ3v) is 4.96. The maximum Gasteiger partial charge on any atom is 0.220 e. The maximum atomic E-state index is 12.4. The summed E-state index contributed by atoms with van der Waals surface area (Å²) in [4.78, 5) is 28.9. The van der Waals surface area contributed by atoms with Crippen LogP contribution in [0.5, 0.6) is 17.4 Å². The van der Waals surface area contributed by atoms with E-state index in [1.54, 1.807) is 30.5 Å². The van der Waals surface area contributed by atoms with Crippen LogP contribution < -0.4 is 19.5 Å². The van der Waals surface area contributed by atoms with Gasteiger partial charge in [0.1, 0.15) is 19.8 Å². The molecular weight excluding hydrogens is 408 g/mol. The summed E-state index contributed by atoms with van der Waals surface area (Å²) in [6.07, 6.45) is 1.87. The lowest BCUT2D eigenvalue weighted by atomic mass is 10.1. The van der Waals surface area contributed by atoms with Crippen LogP contribution in [0.4, 0.5) is 0 Å². The van der Waals surface area contributed by atoms with Gasteiger partial charge in [0.15, 0.2) is 17.3 Å². The summed E-state index contributed by atoms with van der Waals surface area (Å²) < 4.78 is 16.7. The molecule has 0 radical (unpaired) electrons. The first-order chi connectivity index (χ1) is 15.7. The molecule has 1 aliphatic heterocycles. The number of rotatable bonds is 9. The van der Waals surface area contributed by atoms with Crippen LogP contribution in [-0.2, 0) is 17.9 Å². The highest BCUT2D eigenvalue weighted by Gasteiger charge is 2.16. The summed E-state index contributed by atoms with van der Waals surface area (Å²) in [5, 5.41) is 2.84. The van der Waals surface area contributed by atoms with Crippen LogP contribution in [0.2, 0.25) is 0 Å². The predicted molar refractivity (Wildman–Crippen MR) is 118 cm³/mol. The molecule has 0 saturated heterocycles. The number of nitrogens with one attached hydrogen (secondary N) is 1. The van der Waals surface area contributed by atoms with Crippen molar-refractivity contribution in [1.29, 1.82) is 0 Å². The quantitative estimate of drug-likeness (QED) is 0.519. The fourth-order valence-corrected chi connectivity index (χ4v) is 3.25. The van der Waals surface area contributed by atoms with Crippen LogP contribution in [0, 0.1) is 0 Å². The zero-order chi connectivity index (χ0) is 22.2. The Morgan fingerprint density at radius 2 is 1.72 bits per heavy atom. The molecule has 1 aromatic heterocycles. The minimum atomic E-state index is -0.195. The highest BCUT2D eigenvalue weighted by molar-refractivity contribution is 5.98. The Morgan fingerprint density at radius 1 is 0.906 bits per heavy atom. The van der Waals surface area contributed by atoms with Gasteiger partial charge in [0.05, 0.1) is 0 Å². The van der Waals surface area contributed by atoms with Crippen molar-refractivity contribution in [3.63, 3.8) is 0 Å². The summed E-state index contributed by atoms with van der Waals surface area (Å²) in [5.74, 6) is 1.39. The molecule has 0 saturated carbocycles. The van der Waals surface area contributed by atoms with Crippen molar-refractivity contribution in [1.82, 2.24) is 10.3 Å². The fraction of sp³-hybridized carbons (Fsp3) is 0.240. The zero-order valence-electron chi connectivity index (χ0n) is 17.6. The van der Waals surface area contributed by atoms with Gasteiger partial charge in [0.25, 0.3) is 0 Å². The number of hydrogen-bond donors (Lipinski definition) is 1. The van der Waals surface area contributed by atoms with Crippen LogP contribution in [0.3, 0.4) is 0 Å². The van der Waals surface area contributed by atoms with E-state index in [0.29, 0.717) is 49.3 Å². The molecule has 1 N–H and O–H groups in total. The molecule has 0 spiro atoms. The first-order valence-corrected chi connectivity index (χ1v) is 10.5. The second kappa shape index (κ2) is 10.4. The van der Waals surface area contributed by atoms with E-state index >= 15 is 0 Å². The minimum Gasteiger partial charge on any atom is -0.486 e. The zero-order valence-corrected chi connectivity index (χ0v) is 17.6. The van der Waals surface area contributed by atoms with E-state index in [1.807, 2.05) is 36.4 Å². The van der Waals surface area contributed by atoms with Crippen molar-refractivity contribution in [3.05, 3.63) is 83.6 Å². The third-order valence-electron chi connectivity index (χ3n) is 4.96. The molecular formula is C25H24N2O5. The van der Waals surface area contributed by atoms with Crippen molar-refractivity contribution in [2.24, 2.45) is 0 Å². The van der Waals surface area contributed by atoms with Gasteiger partial charge in [-0.05, 0) is 35.4 Å². The summed E-state index contributed by atoms with van der Waals surface area (Å²) >= 11 is 0. The second-order valence-electron chi connectivity index (χ2n) is 7.33. The van der Waals surface area contributed by atoms with Gasteiger partial charge in [-0.2, -0.15) is 0 Å². The lowest BCUT2D eigenvalue weighted by Gasteiger charge is -2.18. The van der Waals surface area contributed by atoms with Crippen molar-refractivity contribution in [3.8, 4) is 17.4 Å². The predicted octanol–water partition coefficient (Wildman–Crippen LogP) is 3.71. The number of hydrogen-bond acceptors (Lipinski definition) is 6. The summed E-state index contributed by atoms with van der Waals surface area (Å²) in [5.41, 5.74) is 2.43. The fourth-order valence-electron chi connectivity index (χ4n) is 3.25. The van der Waals surface area contributed by atoms with Gasteiger partial charge in [0, 0.05) is 37.2 Å². The second-order valence-corrected chi connectivity index (χ2v) is 7.33. The van der Waals surface area contributed by atoms with E-state index < -0.39 is 0 Å². The monoisotopic (exact) mass is 432 g/mol. The molecule has 1 aliphatic rings. The molecule has 0 aliphatic carbocycles. The van der Waals surface area contributed by atoms with E-state index in [1.165, 1.54) is 0 Å². The molecule has 2 heterocycles. The van der Waals surface area contributed by atoms with Crippen molar-refractivity contribution in [2.75, 3.05) is 13.2 Å². The van der Waals surface area contributed by atoms with Gasteiger partial charge in [0.2, 0.25) is 11.8 Å². The van der Waals surface area contributed by atoms with Gasteiger partial charge in [-0.1, -0.05) is 30.3 Å². The van der Waals surface area contributed by atoms with E-state index in [4.69, 9.17) is 14.2 Å². The van der Waals surface area contributed by atoms with Crippen molar-refractivity contribution < 1.29 is 23.8 Å². The molecule has 1 amide bonds. The number of nitrogens with zero attached hydrogens (tertiary/aromatic N) is 1. The topological polar surface area (TPSA) is 86.8 Å².